The summed E-state index contributed by atoms with van der Waals surface area (Å²) in [4.78, 5) is 12.5. The van der Waals surface area contributed by atoms with Gasteiger partial charge in [0.1, 0.15) is 5.69 Å². The van der Waals surface area contributed by atoms with E-state index in [9.17, 15) is 31.3 Å². The molecule has 0 fully saturated rings. The van der Waals surface area contributed by atoms with Gasteiger partial charge in [-0.3, -0.25) is 0 Å². The van der Waals surface area contributed by atoms with E-state index in [0.717, 1.165) is 29.6 Å². The Morgan fingerprint density at radius 2 is 1.76 bits per heavy atom. The van der Waals surface area contributed by atoms with Gasteiger partial charge >= 0.3 is 59.1 Å². The van der Waals surface area contributed by atoms with E-state index in [1.807, 2.05) is 0 Å². The SMILES string of the molecule is CN=[N+](Nc1ccc(Cl)cc1C)c1ccc(S(=O)(=O)N(C)CCS(=O)(=O)[O-])cc1C(=O)[O-].[Na+].[Na+]. The smallest absolute Gasteiger partial charge is 0.748 e. The van der Waals surface area contributed by atoms with Crippen LogP contribution in [0, 0.1) is 6.92 Å². The number of carboxylic acids is 1. The fraction of sp³-hybridized carbons (Fsp3) is 0.278. The average Bonchev–Trinajstić information content (AvgIpc) is 2.70. The maximum atomic E-state index is 12.7. The molecule has 0 unspecified atom stereocenters. The van der Waals surface area contributed by atoms with Crippen LogP contribution in [-0.2, 0) is 20.1 Å². The van der Waals surface area contributed by atoms with Crippen molar-refractivity contribution in [1.82, 2.24) is 4.31 Å². The van der Waals surface area contributed by atoms with Crippen molar-refractivity contribution in [2.45, 2.75) is 11.8 Å². The number of azo groups is 1. The molecule has 0 radical (unpaired) electrons. The minimum Gasteiger partial charge on any atom is -0.748 e. The molecular formula is C18H20ClN4Na2O7S2+. The summed E-state index contributed by atoms with van der Waals surface area (Å²) in [6.07, 6.45) is 0. The van der Waals surface area contributed by atoms with Gasteiger partial charge in [-0.05, 0) is 47.9 Å². The third kappa shape index (κ3) is 8.82. The zero-order chi connectivity index (χ0) is 24.3. The predicted molar refractivity (Wildman–Crippen MR) is 113 cm³/mol. The van der Waals surface area contributed by atoms with Gasteiger partial charge in [-0.25, -0.2) is 16.8 Å². The molecule has 2 aromatic rings. The number of rotatable bonds is 9. The fourth-order valence-electron chi connectivity index (χ4n) is 2.65. The van der Waals surface area contributed by atoms with Crippen LogP contribution in [0.4, 0.5) is 11.4 Å². The summed E-state index contributed by atoms with van der Waals surface area (Å²) in [5.41, 5.74) is 3.73. The molecule has 0 amide bonds. The van der Waals surface area contributed by atoms with Gasteiger partial charge < -0.3 is 14.5 Å². The van der Waals surface area contributed by atoms with E-state index in [1.54, 1.807) is 25.1 Å². The molecule has 16 heteroatoms. The molecule has 0 bridgehead atoms. The molecule has 0 aliphatic carbocycles. The average molecular weight is 550 g/mol. The van der Waals surface area contributed by atoms with Gasteiger partial charge in [0, 0.05) is 29.5 Å². The van der Waals surface area contributed by atoms with E-state index in [4.69, 9.17) is 11.6 Å². The zero-order valence-electron chi connectivity index (χ0n) is 19.3. The van der Waals surface area contributed by atoms with Gasteiger partial charge in [-0.15, -0.1) is 5.43 Å². The standard InChI is InChI=1S/C18H21ClN4O7S2.2Na/c1-12-10-13(19)4-6-16(12)21-23(20-2)17-7-5-14(11-15(17)18(24)25)32(29,30)22(3)8-9-31(26,27)28;;/h4-7,10-11H,8-9H2,1-3H3,(H2-,20,21,24,25,26,27,28);;/q;2*+1/p-1. The van der Waals surface area contributed by atoms with Gasteiger partial charge in [0.05, 0.1) is 39.3 Å². The van der Waals surface area contributed by atoms with Crippen molar-refractivity contribution in [3.8, 4) is 0 Å². The van der Waals surface area contributed by atoms with Crippen LogP contribution in [0.1, 0.15) is 15.9 Å². The Balaban J connectivity index is 0.00000544. The monoisotopic (exact) mass is 549 g/mol. The van der Waals surface area contributed by atoms with E-state index in [2.05, 4.69) is 10.5 Å². The number of aryl methyl sites for hydroxylation is 1. The molecule has 0 saturated heterocycles. The Morgan fingerprint density at radius 1 is 1.15 bits per heavy atom. The largest absolute Gasteiger partial charge is 1.00 e. The van der Waals surface area contributed by atoms with Crippen LogP contribution >= 0.6 is 11.6 Å². The van der Waals surface area contributed by atoms with Gasteiger partial charge in [-0.2, -0.15) is 4.31 Å². The van der Waals surface area contributed by atoms with Gasteiger partial charge in [-0.1, -0.05) is 11.6 Å². The molecular weight excluding hydrogens is 530 g/mol. The molecule has 11 nitrogen and oxygen atoms in total. The number of carboxylic acid groups (broad SMARTS) is 1. The predicted octanol–water partition coefficient (Wildman–Crippen LogP) is -5.06. The summed E-state index contributed by atoms with van der Waals surface area (Å²) in [7, 11) is -6.46. The van der Waals surface area contributed by atoms with E-state index < -0.39 is 48.9 Å². The van der Waals surface area contributed by atoms with E-state index >= 15 is 0 Å². The normalized spacial score (nSPS) is 12.0. The quantitative estimate of drug-likeness (QED) is 0.107. The molecule has 0 spiro atoms. The Labute approximate surface area is 247 Å². The minimum absolute atomic E-state index is 0. The summed E-state index contributed by atoms with van der Waals surface area (Å²) >= 11 is 5.94. The number of nitrogens with one attached hydrogen (secondary N) is 1. The number of benzene rings is 2. The Hall–Kier alpha value is -0.580. The molecule has 2 aromatic carbocycles. The molecule has 0 aliphatic heterocycles. The molecule has 174 valence electrons. The van der Waals surface area contributed by atoms with Gasteiger partial charge in [0.2, 0.25) is 10.0 Å². The second kappa shape index (κ2) is 13.7. The van der Waals surface area contributed by atoms with Crippen molar-refractivity contribution in [3.05, 3.63) is 52.5 Å². The van der Waals surface area contributed by atoms with Crippen molar-refractivity contribution in [3.63, 3.8) is 0 Å². The van der Waals surface area contributed by atoms with Crippen molar-refractivity contribution in [2.24, 2.45) is 5.11 Å². The second-order valence-electron chi connectivity index (χ2n) is 6.64. The van der Waals surface area contributed by atoms with Crippen LogP contribution in [-0.4, -0.2) is 62.9 Å². The number of aromatic carboxylic acids is 1. The summed E-state index contributed by atoms with van der Waals surface area (Å²) in [6.45, 7) is 1.18. The third-order valence-corrected chi connectivity index (χ3v) is 7.17. The first kappa shape index (κ1) is 33.4. The summed E-state index contributed by atoms with van der Waals surface area (Å²) in [5, 5.41) is 16.2. The molecule has 0 heterocycles. The van der Waals surface area contributed by atoms with Crippen molar-refractivity contribution in [2.75, 3.05) is 31.8 Å². The van der Waals surface area contributed by atoms with Crippen LogP contribution in [0.5, 0.6) is 0 Å². The van der Waals surface area contributed by atoms with E-state index in [1.165, 1.54) is 13.1 Å². The molecule has 2 rings (SSSR count). The number of anilines is 1. The number of hydrogen-bond acceptors (Lipinski definition) is 8. The molecule has 0 aliphatic rings. The Kier molecular flexibility index (Phi) is 13.4. The number of carbonyl (C=O) groups is 1. The summed E-state index contributed by atoms with van der Waals surface area (Å²) in [5.74, 6) is -2.59. The zero-order valence-corrected chi connectivity index (χ0v) is 25.7. The maximum absolute atomic E-state index is 12.7. The molecule has 0 atom stereocenters. The number of hydrogen-bond donors (Lipinski definition) is 1. The molecule has 1 N–H and O–H groups in total. The van der Waals surface area contributed by atoms with Crippen molar-refractivity contribution >= 4 is 49.1 Å². The summed E-state index contributed by atoms with van der Waals surface area (Å²) < 4.78 is 58.4. The number of nitrogens with zero attached hydrogens (tertiary/aromatic N) is 3. The first-order valence-electron chi connectivity index (χ1n) is 8.94. The Morgan fingerprint density at radius 3 is 2.26 bits per heavy atom. The Bertz CT molecular complexity index is 1290. The molecule has 34 heavy (non-hydrogen) atoms. The third-order valence-electron chi connectivity index (χ3n) is 4.40. The van der Waals surface area contributed by atoms with Crippen LogP contribution in [0.2, 0.25) is 5.02 Å². The van der Waals surface area contributed by atoms with Gasteiger partial charge in [0.15, 0.2) is 0 Å². The minimum atomic E-state index is -4.64. The van der Waals surface area contributed by atoms with Crippen molar-refractivity contribution < 1.29 is 95.2 Å². The van der Waals surface area contributed by atoms with Crippen LogP contribution in [0.15, 0.2) is 46.4 Å². The fourth-order valence-corrected chi connectivity index (χ4v) is 4.69. The summed E-state index contributed by atoms with van der Waals surface area (Å²) in [6, 6.07) is 8.18. The number of sulfonamides is 1. The van der Waals surface area contributed by atoms with Crippen LogP contribution < -0.4 is 69.6 Å². The number of carbonyl (C=O) groups excluding carboxylic acids is 1. The van der Waals surface area contributed by atoms with Crippen LogP contribution in [0.3, 0.4) is 0 Å². The topological polar surface area (TPSA) is 162 Å². The first-order valence-corrected chi connectivity index (χ1v) is 12.3. The molecule has 0 saturated carbocycles. The number of hydrazine groups is 1. The van der Waals surface area contributed by atoms with Crippen molar-refractivity contribution in [1.29, 1.82) is 0 Å². The maximum Gasteiger partial charge on any atom is 1.00 e. The van der Waals surface area contributed by atoms with Gasteiger partial charge in [0.25, 0.3) is 5.69 Å². The molecule has 0 aromatic heterocycles. The first-order chi connectivity index (χ1) is 14.8. The van der Waals surface area contributed by atoms with E-state index in [0.29, 0.717) is 15.0 Å². The van der Waals surface area contributed by atoms with E-state index in [-0.39, 0.29) is 64.8 Å². The number of halogens is 1. The second-order valence-corrected chi connectivity index (χ2v) is 10.6. The van der Waals surface area contributed by atoms with Crippen LogP contribution in [0.25, 0.3) is 0 Å².